The number of nitrogens with one attached hydrogen (secondary N) is 2. The van der Waals surface area contributed by atoms with Crippen molar-refractivity contribution in [2.24, 2.45) is 5.92 Å². The second-order valence-electron chi connectivity index (χ2n) is 5.68. The standard InChI is InChI=1S/C15H25BrN4O3/c1-6-7-20(10(4)13-17-8-11(16)18-13)14(21)12(9(2)3)19-15(22)23-5/h8-10,12H,6-7H2,1-5H3,(H,17,18)(H,19,22). The van der Waals surface area contributed by atoms with Crippen LogP contribution >= 0.6 is 15.9 Å². The summed E-state index contributed by atoms with van der Waals surface area (Å²) in [6.07, 6.45) is 1.86. The van der Waals surface area contributed by atoms with Gasteiger partial charge in [0.25, 0.3) is 0 Å². The van der Waals surface area contributed by atoms with E-state index >= 15 is 0 Å². The van der Waals surface area contributed by atoms with Crippen molar-refractivity contribution < 1.29 is 14.3 Å². The van der Waals surface area contributed by atoms with Crippen LogP contribution in [0.5, 0.6) is 0 Å². The number of imidazole rings is 1. The molecule has 130 valence electrons. The van der Waals surface area contributed by atoms with Crippen LogP contribution in [0.25, 0.3) is 0 Å². The van der Waals surface area contributed by atoms with E-state index in [1.54, 1.807) is 11.1 Å². The van der Waals surface area contributed by atoms with Crippen molar-refractivity contribution in [2.75, 3.05) is 13.7 Å². The maximum atomic E-state index is 13.0. The van der Waals surface area contributed by atoms with Gasteiger partial charge in [-0.25, -0.2) is 9.78 Å². The monoisotopic (exact) mass is 388 g/mol. The molecule has 0 fully saturated rings. The van der Waals surface area contributed by atoms with E-state index in [1.807, 2.05) is 27.7 Å². The van der Waals surface area contributed by atoms with E-state index in [0.29, 0.717) is 12.4 Å². The zero-order valence-corrected chi connectivity index (χ0v) is 15.8. The Balaban J connectivity index is 3.00. The molecule has 0 bridgehead atoms. The molecule has 23 heavy (non-hydrogen) atoms. The van der Waals surface area contributed by atoms with Crippen LogP contribution < -0.4 is 5.32 Å². The SMILES string of the molecule is CCCN(C(=O)C(NC(=O)OC)C(C)C)C(C)c1ncc(Br)[nH]1. The molecular formula is C15H25BrN4O3. The number of aromatic amines is 1. The molecule has 0 saturated carbocycles. The molecule has 1 heterocycles. The normalized spacial score (nSPS) is 13.5. The maximum absolute atomic E-state index is 13.0. The van der Waals surface area contributed by atoms with E-state index in [9.17, 15) is 9.59 Å². The van der Waals surface area contributed by atoms with Gasteiger partial charge in [-0.1, -0.05) is 20.8 Å². The first-order chi connectivity index (χ1) is 10.8. The van der Waals surface area contributed by atoms with Gasteiger partial charge in [0, 0.05) is 6.54 Å². The molecule has 0 radical (unpaired) electrons. The summed E-state index contributed by atoms with van der Waals surface area (Å²) in [5.41, 5.74) is 0. The van der Waals surface area contributed by atoms with E-state index in [0.717, 1.165) is 11.0 Å². The molecule has 0 aliphatic rings. The van der Waals surface area contributed by atoms with Crippen LogP contribution in [0.2, 0.25) is 0 Å². The topological polar surface area (TPSA) is 87.3 Å². The molecule has 0 spiro atoms. The molecule has 1 aromatic rings. The summed E-state index contributed by atoms with van der Waals surface area (Å²) in [5, 5.41) is 2.62. The number of hydrogen-bond acceptors (Lipinski definition) is 4. The summed E-state index contributed by atoms with van der Waals surface area (Å²) in [6.45, 7) is 8.26. The average Bonchev–Trinajstić information content (AvgIpc) is 2.94. The van der Waals surface area contributed by atoms with Gasteiger partial charge in [-0.05, 0) is 35.2 Å². The van der Waals surface area contributed by atoms with Gasteiger partial charge in [-0.2, -0.15) is 0 Å². The number of rotatable bonds is 7. The number of halogens is 1. The van der Waals surface area contributed by atoms with Gasteiger partial charge in [0.2, 0.25) is 5.91 Å². The van der Waals surface area contributed by atoms with Gasteiger partial charge < -0.3 is 19.9 Å². The molecular weight excluding hydrogens is 364 g/mol. The maximum Gasteiger partial charge on any atom is 0.407 e. The first-order valence-corrected chi connectivity index (χ1v) is 8.46. The Morgan fingerprint density at radius 2 is 2.09 bits per heavy atom. The number of carbonyl (C=O) groups is 2. The minimum absolute atomic E-state index is 0.0588. The van der Waals surface area contributed by atoms with Crippen molar-refractivity contribution in [1.29, 1.82) is 0 Å². The van der Waals surface area contributed by atoms with E-state index in [1.165, 1.54) is 7.11 Å². The van der Waals surface area contributed by atoms with Crippen LogP contribution in [0, 0.1) is 5.92 Å². The quantitative estimate of drug-likeness (QED) is 0.751. The number of aromatic nitrogens is 2. The lowest BCUT2D eigenvalue weighted by molar-refractivity contribution is -0.136. The number of alkyl carbamates (subject to hydrolysis) is 1. The molecule has 2 atom stereocenters. The summed E-state index contributed by atoms with van der Waals surface area (Å²) in [6, 6.07) is -0.871. The van der Waals surface area contributed by atoms with Crippen LogP contribution in [0.4, 0.5) is 4.79 Å². The van der Waals surface area contributed by atoms with Crippen molar-refractivity contribution in [3.8, 4) is 0 Å². The predicted molar refractivity (Wildman–Crippen MR) is 90.9 cm³/mol. The summed E-state index contributed by atoms with van der Waals surface area (Å²) < 4.78 is 5.38. The number of amides is 2. The Hall–Kier alpha value is -1.57. The Kier molecular flexibility index (Phi) is 7.54. The van der Waals surface area contributed by atoms with Crippen LogP contribution in [-0.2, 0) is 9.53 Å². The second-order valence-corrected chi connectivity index (χ2v) is 6.54. The van der Waals surface area contributed by atoms with Gasteiger partial charge in [-0.3, -0.25) is 4.79 Å². The third kappa shape index (κ3) is 5.23. The highest BCUT2D eigenvalue weighted by Gasteiger charge is 2.32. The fourth-order valence-corrected chi connectivity index (χ4v) is 2.59. The van der Waals surface area contributed by atoms with Crippen molar-refractivity contribution in [2.45, 2.75) is 46.2 Å². The number of carbonyl (C=O) groups excluding carboxylic acids is 2. The fraction of sp³-hybridized carbons (Fsp3) is 0.667. The average molecular weight is 389 g/mol. The number of methoxy groups -OCH3 is 1. The summed E-state index contributed by atoms with van der Waals surface area (Å²) >= 11 is 3.32. The third-order valence-corrected chi connectivity index (χ3v) is 3.97. The molecule has 2 N–H and O–H groups in total. The summed E-state index contributed by atoms with van der Waals surface area (Å²) in [4.78, 5) is 33.6. The number of nitrogens with zero attached hydrogens (tertiary/aromatic N) is 2. The first kappa shape index (κ1) is 19.5. The molecule has 0 aliphatic carbocycles. The smallest absolute Gasteiger partial charge is 0.407 e. The molecule has 1 aromatic heterocycles. The Labute approximate surface area is 145 Å². The van der Waals surface area contributed by atoms with Crippen molar-refractivity contribution >= 4 is 27.9 Å². The highest BCUT2D eigenvalue weighted by molar-refractivity contribution is 9.10. The van der Waals surface area contributed by atoms with Crippen LogP contribution in [-0.4, -0.2) is 46.6 Å². The van der Waals surface area contributed by atoms with Crippen LogP contribution in [0.1, 0.15) is 46.0 Å². The van der Waals surface area contributed by atoms with Gasteiger partial charge in [0.05, 0.1) is 19.3 Å². The van der Waals surface area contributed by atoms with Crippen molar-refractivity contribution in [3.63, 3.8) is 0 Å². The minimum atomic E-state index is -0.644. The van der Waals surface area contributed by atoms with Crippen molar-refractivity contribution in [1.82, 2.24) is 20.2 Å². The molecule has 0 aromatic carbocycles. The zero-order valence-electron chi connectivity index (χ0n) is 14.2. The lowest BCUT2D eigenvalue weighted by Gasteiger charge is -2.32. The number of H-pyrrole nitrogens is 1. The van der Waals surface area contributed by atoms with Crippen LogP contribution in [0.3, 0.4) is 0 Å². The van der Waals surface area contributed by atoms with Gasteiger partial charge >= 0.3 is 6.09 Å². The zero-order chi connectivity index (χ0) is 17.6. The summed E-state index contributed by atoms with van der Waals surface area (Å²) in [5.74, 6) is 0.489. The van der Waals surface area contributed by atoms with Gasteiger partial charge in [-0.15, -0.1) is 0 Å². The van der Waals surface area contributed by atoms with Gasteiger partial charge in [0.15, 0.2) is 0 Å². The Morgan fingerprint density at radius 3 is 2.52 bits per heavy atom. The van der Waals surface area contributed by atoms with Gasteiger partial charge in [0.1, 0.15) is 16.5 Å². The number of hydrogen-bond donors (Lipinski definition) is 2. The predicted octanol–water partition coefficient (Wildman–Crippen LogP) is 2.85. The second kappa shape index (κ2) is 8.90. The fourth-order valence-electron chi connectivity index (χ4n) is 2.29. The lowest BCUT2D eigenvalue weighted by Crippen LogP contribution is -2.52. The third-order valence-electron chi connectivity index (χ3n) is 3.57. The molecule has 1 rings (SSSR count). The van der Waals surface area contributed by atoms with E-state index in [-0.39, 0.29) is 17.9 Å². The minimum Gasteiger partial charge on any atom is -0.453 e. The molecule has 0 saturated heterocycles. The lowest BCUT2D eigenvalue weighted by atomic mass is 10.0. The van der Waals surface area contributed by atoms with E-state index in [2.05, 4.69) is 36.0 Å². The van der Waals surface area contributed by atoms with E-state index in [4.69, 9.17) is 0 Å². The Morgan fingerprint density at radius 1 is 1.43 bits per heavy atom. The van der Waals surface area contributed by atoms with E-state index < -0.39 is 12.1 Å². The largest absolute Gasteiger partial charge is 0.453 e. The van der Waals surface area contributed by atoms with Crippen LogP contribution in [0.15, 0.2) is 10.8 Å². The number of ether oxygens (including phenoxy) is 1. The summed E-state index contributed by atoms with van der Waals surface area (Å²) in [7, 11) is 1.28. The molecule has 7 nitrogen and oxygen atoms in total. The molecule has 8 heteroatoms. The Bertz CT molecular complexity index is 533. The molecule has 2 amide bonds. The first-order valence-electron chi connectivity index (χ1n) is 7.67. The molecule has 0 aliphatic heterocycles. The van der Waals surface area contributed by atoms with Crippen molar-refractivity contribution in [3.05, 3.63) is 16.6 Å². The highest BCUT2D eigenvalue weighted by atomic mass is 79.9. The molecule has 2 unspecified atom stereocenters. The highest BCUT2D eigenvalue weighted by Crippen LogP contribution is 2.21.